The molecule has 0 bridgehead atoms. The molecule has 0 aromatic heterocycles. The summed E-state index contributed by atoms with van der Waals surface area (Å²) in [5, 5.41) is 8.17. The molecular weight excluding hydrogens is 308 g/mol. The molecule has 8 heteroatoms. The highest BCUT2D eigenvalue weighted by atomic mass is 35.5. The van der Waals surface area contributed by atoms with Gasteiger partial charge in [0.2, 0.25) is 5.91 Å². The van der Waals surface area contributed by atoms with Crippen molar-refractivity contribution in [3.8, 4) is 0 Å². The minimum Gasteiger partial charge on any atom is -0.378 e. The minimum absolute atomic E-state index is 0.0875. The van der Waals surface area contributed by atoms with E-state index in [1.54, 1.807) is 12.1 Å². The van der Waals surface area contributed by atoms with E-state index in [1.807, 2.05) is 6.07 Å². The molecule has 0 aliphatic carbocycles. The standard InChI is InChI=1S/C14H19ClN4O3/c1-16-13(20)9-17-14(21)18-11-8-10(15)2-3-12(11)19-4-6-22-7-5-19/h2-3,8H,4-7,9H2,1H3,(H,16,20)(H2,17,18,21). The van der Waals surface area contributed by atoms with Crippen LogP contribution in [0.25, 0.3) is 0 Å². The van der Waals surface area contributed by atoms with Crippen LogP contribution in [0.5, 0.6) is 0 Å². The molecule has 3 N–H and O–H groups in total. The zero-order valence-corrected chi connectivity index (χ0v) is 13.1. The summed E-state index contributed by atoms with van der Waals surface area (Å²) in [6.45, 7) is 2.69. The first kappa shape index (κ1) is 16.4. The molecule has 0 saturated carbocycles. The number of hydrogen-bond donors (Lipinski definition) is 3. The summed E-state index contributed by atoms with van der Waals surface area (Å²) >= 11 is 6.01. The van der Waals surface area contributed by atoms with Gasteiger partial charge in [-0.25, -0.2) is 4.79 Å². The summed E-state index contributed by atoms with van der Waals surface area (Å²) in [4.78, 5) is 25.2. The van der Waals surface area contributed by atoms with Gasteiger partial charge in [0.1, 0.15) is 0 Å². The third-order valence-electron chi connectivity index (χ3n) is 3.25. The van der Waals surface area contributed by atoms with Gasteiger partial charge in [-0.1, -0.05) is 11.6 Å². The predicted octanol–water partition coefficient (Wildman–Crippen LogP) is 1.04. The van der Waals surface area contributed by atoms with Crippen molar-refractivity contribution in [2.75, 3.05) is 50.1 Å². The number of hydrogen-bond acceptors (Lipinski definition) is 4. The number of nitrogens with one attached hydrogen (secondary N) is 3. The van der Waals surface area contributed by atoms with Crippen LogP contribution in [0.1, 0.15) is 0 Å². The third-order valence-corrected chi connectivity index (χ3v) is 3.48. The van der Waals surface area contributed by atoms with E-state index >= 15 is 0 Å². The Balaban J connectivity index is 2.06. The molecule has 1 aliphatic heterocycles. The van der Waals surface area contributed by atoms with Crippen LogP contribution in [0.2, 0.25) is 5.02 Å². The lowest BCUT2D eigenvalue weighted by Gasteiger charge is -2.30. The first-order chi connectivity index (χ1) is 10.6. The Kier molecular flexibility index (Phi) is 5.85. The molecule has 1 aliphatic rings. The fourth-order valence-electron chi connectivity index (χ4n) is 2.10. The molecule has 3 amide bonds. The molecule has 1 aromatic carbocycles. The Morgan fingerprint density at radius 3 is 2.73 bits per heavy atom. The van der Waals surface area contributed by atoms with Crippen LogP contribution < -0.4 is 20.9 Å². The first-order valence-corrected chi connectivity index (χ1v) is 7.35. The minimum atomic E-state index is -0.458. The maximum absolute atomic E-state index is 11.9. The highest BCUT2D eigenvalue weighted by Gasteiger charge is 2.16. The highest BCUT2D eigenvalue weighted by molar-refractivity contribution is 6.31. The molecule has 120 valence electrons. The summed E-state index contributed by atoms with van der Waals surface area (Å²) in [7, 11) is 1.51. The van der Waals surface area contributed by atoms with Crippen LogP contribution in [-0.2, 0) is 9.53 Å². The second kappa shape index (κ2) is 7.86. The van der Waals surface area contributed by atoms with E-state index in [4.69, 9.17) is 16.3 Å². The summed E-state index contributed by atoms with van der Waals surface area (Å²) in [6, 6.07) is 4.87. The SMILES string of the molecule is CNC(=O)CNC(=O)Nc1cc(Cl)ccc1N1CCOCC1. The van der Waals surface area contributed by atoms with Gasteiger partial charge < -0.3 is 25.6 Å². The average molecular weight is 327 g/mol. The van der Waals surface area contributed by atoms with Gasteiger partial charge in [0.25, 0.3) is 0 Å². The maximum atomic E-state index is 11.9. The molecule has 0 unspecified atom stereocenters. The molecule has 0 radical (unpaired) electrons. The van der Waals surface area contributed by atoms with Crippen molar-refractivity contribution in [3.63, 3.8) is 0 Å². The Hall–Kier alpha value is -1.99. The van der Waals surface area contributed by atoms with Gasteiger partial charge >= 0.3 is 6.03 Å². The van der Waals surface area contributed by atoms with Crippen LogP contribution in [0.3, 0.4) is 0 Å². The van der Waals surface area contributed by atoms with Crippen LogP contribution in [-0.4, -0.2) is 51.8 Å². The van der Waals surface area contributed by atoms with Gasteiger partial charge in [0.15, 0.2) is 0 Å². The number of anilines is 2. The lowest BCUT2D eigenvalue weighted by molar-refractivity contribution is -0.119. The molecule has 2 rings (SSSR count). The first-order valence-electron chi connectivity index (χ1n) is 6.98. The number of rotatable bonds is 4. The van der Waals surface area contributed by atoms with Gasteiger partial charge in [-0.15, -0.1) is 0 Å². The maximum Gasteiger partial charge on any atom is 0.319 e. The quantitative estimate of drug-likeness (QED) is 0.772. The number of halogens is 1. The molecule has 1 fully saturated rings. The van der Waals surface area contributed by atoms with E-state index in [-0.39, 0.29) is 12.5 Å². The van der Waals surface area contributed by atoms with Crippen LogP contribution in [0.15, 0.2) is 18.2 Å². The number of morpholine rings is 1. The van der Waals surface area contributed by atoms with Crippen LogP contribution in [0.4, 0.5) is 16.2 Å². The van der Waals surface area contributed by atoms with E-state index in [0.29, 0.717) is 23.9 Å². The fourth-order valence-corrected chi connectivity index (χ4v) is 2.28. The molecule has 22 heavy (non-hydrogen) atoms. The monoisotopic (exact) mass is 326 g/mol. The third kappa shape index (κ3) is 4.51. The van der Waals surface area contributed by atoms with Crippen molar-refractivity contribution in [3.05, 3.63) is 23.2 Å². The normalized spacial score (nSPS) is 14.4. The summed E-state index contributed by atoms with van der Waals surface area (Å²) in [5.74, 6) is -0.269. The molecule has 0 atom stereocenters. The van der Waals surface area contributed by atoms with Gasteiger partial charge in [0.05, 0.1) is 31.1 Å². The number of likely N-dealkylation sites (N-methyl/N-ethyl adjacent to an activating group) is 1. The second-order valence-electron chi connectivity index (χ2n) is 4.74. The van der Waals surface area contributed by atoms with E-state index in [0.717, 1.165) is 18.8 Å². The van der Waals surface area contributed by atoms with Crippen LogP contribution in [0, 0.1) is 0 Å². The number of amides is 3. The van der Waals surface area contributed by atoms with Crippen molar-refractivity contribution in [1.29, 1.82) is 0 Å². The number of nitrogens with zero attached hydrogens (tertiary/aromatic N) is 1. The van der Waals surface area contributed by atoms with Gasteiger partial charge in [-0.3, -0.25) is 4.79 Å². The van der Waals surface area contributed by atoms with Crippen molar-refractivity contribution in [1.82, 2.24) is 10.6 Å². The summed E-state index contributed by atoms with van der Waals surface area (Å²) in [6.07, 6.45) is 0. The molecule has 1 aromatic rings. The van der Waals surface area contributed by atoms with Gasteiger partial charge in [-0.2, -0.15) is 0 Å². The summed E-state index contributed by atoms with van der Waals surface area (Å²) in [5.41, 5.74) is 1.48. The Morgan fingerprint density at radius 1 is 1.32 bits per heavy atom. The summed E-state index contributed by atoms with van der Waals surface area (Å²) < 4.78 is 5.33. The molecule has 1 saturated heterocycles. The van der Waals surface area contributed by atoms with Crippen molar-refractivity contribution in [2.24, 2.45) is 0 Å². The lowest BCUT2D eigenvalue weighted by atomic mass is 10.2. The molecule has 7 nitrogen and oxygen atoms in total. The molecule has 0 spiro atoms. The number of urea groups is 1. The van der Waals surface area contributed by atoms with Crippen molar-refractivity contribution < 1.29 is 14.3 Å². The Morgan fingerprint density at radius 2 is 2.05 bits per heavy atom. The van der Waals surface area contributed by atoms with Gasteiger partial charge in [0, 0.05) is 25.2 Å². The van der Waals surface area contributed by atoms with Crippen molar-refractivity contribution >= 4 is 34.9 Å². The smallest absolute Gasteiger partial charge is 0.319 e. The van der Waals surface area contributed by atoms with E-state index < -0.39 is 6.03 Å². The van der Waals surface area contributed by atoms with Crippen LogP contribution >= 0.6 is 11.6 Å². The molecule has 1 heterocycles. The largest absolute Gasteiger partial charge is 0.378 e. The second-order valence-corrected chi connectivity index (χ2v) is 5.18. The Bertz CT molecular complexity index is 547. The lowest BCUT2D eigenvalue weighted by Crippen LogP contribution is -2.39. The van der Waals surface area contributed by atoms with Gasteiger partial charge in [-0.05, 0) is 18.2 Å². The number of carbonyl (C=O) groups excluding carboxylic acids is 2. The van der Waals surface area contributed by atoms with Crippen molar-refractivity contribution in [2.45, 2.75) is 0 Å². The van der Waals surface area contributed by atoms with E-state index in [9.17, 15) is 9.59 Å². The average Bonchev–Trinajstić information content (AvgIpc) is 2.53. The zero-order chi connectivity index (χ0) is 15.9. The predicted molar refractivity (Wildman–Crippen MR) is 85.6 cm³/mol. The number of ether oxygens (including phenoxy) is 1. The zero-order valence-electron chi connectivity index (χ0n) is 12.3. The fraction of sp³-hybridized carbons (Fsp3) is 0.429. The number of benzene rings is 1. The topological polar surface area (TPSA) is 82.7 Å². The Labute approximate surface area is 133 Å². The van der Waals surface area contributed by atoms with E-state index in [1.165, 1.54) is 7.05 Å². The number of carbonyl (C=O) groups is 2. The van der Waals surface area contributed by atoms with E-state index in [2.05, 4.69) is 20.9 Å². The molecular formula is C14H19ClN4O3. The highest BCUT2D eigenvalue weighted by Crippen LogP contribution is 2.29.